The van der Waals surface area contributed by atoms with Crippen LogP contribution in [0, 0.1) is 5.92 Å². The number of carbonyl (C=O) groups is 1. The van der Waals surface area contributed by atoms with Gasteiger partial charge in [-0.1, -0.05) is 43.7 Å². The molecule has 130 valence electrons. The highest BCUT2D eigenvalue weighted by Gasteiger charge is 2.31. The maximum absolute atomic E-state index is 12.6. The van der Waals surface area contributed by atoms with E-state index < -0.39 is 5.54 Å². The molecule has 1 aliphatic carbocycles. The molecule has 1 aromatic carbocycles. The van der Waals surface area contributed by atoms with Gasteiger partial charge in [0.1, 0.15) is 5.54 Å². The molecule has 0 radical (unpaired) electrons. The molecule has 0 saturated carbocycles. The standard InChI is InChI=1S/C18H23N3OS.ClH/c1-3-12-9-10-14-15(11-12)23-17(20-14)21-16(22)18(2,19)13-7-5-4-6-8-13;/h4-8,12H,3,9-11,19H2,1-2H3,(H,20,21,22);1H. The second kappa shape index (κ2) is 7.64. The Labute approximate surface area is 153 Å². The number of nitrogens with two attached hydrogens (primary N) is 1. The molecule has 4 nitrogen and oxygen atoms in total. The third kappa shape index (κ3) is 3.79. The second-order valence-electron chi connectivity index (χ2n) is 6.43. The number of thiazole rings is 1. The highest BCUT2D eigenvalue weighted by atomic mass is 35.5. The summed E-state index contributed by atoms with van der Waals surface area (Å²) in [6.07, 6.45) is 4.49. The maximum atomic E-state index is 12.6. The Bertz CT molecular complexity index is 700. The molecule has 0 aliphatic heterocycles. The Morgan fingerprint density at radius 1 is 1.42 bits per heavy atom. The Hall–Kier alpha value is -1.43. The fraction of sp³-hybridized carbons (Fsp3) is 0.444. The minimum absolute atomic E-state index is 0. The number of hydrogen-bond donors (Lipinski definition) is 2. The van der Waals surface area contributed by atoms with E-state index in [1.54, 1.807) is 18.3 Å². The van der Waals surface area contributed by atoms with Gasteiger partial charge in [0.25, 0.3) is 5.91 Å². The zero-order chi connectivity index (χ0) is 16.4. The highest BCUT2D eigenvalue weighted by molar-refractivity contribution is 7.15. The van der Waals surface area contributed by atoms with Crippen molar-refractivity contribution in [3.63, 3.8) is 0 Å². The molecule has 24 heavy (non-hydrogen) atoms. The molecule has 0 spiro atoms. The van der Waals surface area contributed by atoms with Crippen LogP contribution in [0.2, 0.25) is 0 Å². The SMILES string of the molecule is CCC1CCc2nc(NC(=O)C(C)(N)c3ccccc3)sc2C1.Cl. The van der Waals surface area contributed by atoms with Crippen LogP contribution < -0.4 is 11.1 Å². The average molecular weight is 366 g/mol. The van der Waals surface area contributed by atoms with E-state index in [1.165, 1.54) is 17.7 Å². The minimum atomic E-state index is -1.07. The van der Waals surface area contributed by atoms with Crippen molar-refractivity contribution in [1.82, 2.24) is 4.98 Å². The molecule has 2 aromatic rings. The summed E-state index contributed by atoms with van der Waals surface area (Å²) in [6.45, 7) is 3.97. The lowest BCUT2D eigenvalue weighted by molar-refractivity contribution is -0.120. The van der Waals surface area contributed by atoms with Crippen molar-refractivity contribution in [3.05, 3.63) is 46.5 Å². The van der Waals surface area contributed by atoms with Crippen molar-refractivity contribution in [2.75, 3.05) is 5.32 Å². The van der Waals surface area contributed by atoms with Gasteiger partial charge in [0.05, 0.1) is 5.69 Å². The first kappa shape index (κ1) is 18.9. The van der Waals surface area contributed by atoms with Gasteiger partial charge in [-0.25, -0.2) is 4.98 Å². The topological polar surface area (TPSA) is 68.0 Å². The predicted octanol–water partition coefficient (Wildman–Crippen LogP) is 3.89. The lowest BCUT2D eigenvalue weighted by atomic mass is 9.89. The van der Waals surface area contributed by atoms with Gasteiger partial charge in [-0.3, -0.25) is 4.79 Å². The van der Waals surface area contributed by atoms with Gasteiger partial charge in [-0.05, 0) is 37.7 Å². The van der Waals surface area contributed by atoms with Crippen LogP contribution in [0.15, 0.2) is 30.3 Å². The molecule has 2 unspecified atom stereocenters. The van der Waals surface area contributed by atoms with Gasteiger partial charge in [0.2, 0.25) is 0 Å². The van der Waals surface area contributed by atoms with Crippen LogP contribution in [0.25, 0.3) is 0 Å². The molecule has 0 saturated heterocycles. The molecule has 1 heterocycles. The van der Waals surface area contributed by atoms with Gasteiger partial charge < -0.3 is 11.1 Å². The molecule has 1 amide bonds. The summed E-state index contributed by atoms with van der Waals surface area (Å²) in [5.41, 5.74) is 7.13. The molecule has 2 atom stereocenters. The largest absolute Gasteiger partial charge is 0.314 e. The van der Waals surface area contributed by atoms with E-state index in [0.29, 0.717) is 5.13 Å². The number of fused-ring (bicyclic) bond motifs is 1. The van der Waals surface area contributed by atoms with Crippen molar-refractivity contribution in [1.29, 1.82) is 0 Å². The number of carbonyl (C=O) groups excluding carboxylic acids is 1. The summed E-state index contributed by atoms with van der Waals surface area (Å²) >= 11 is 1.60. The summed E-state index contributed by atoms with van der Waals surface area (Å²) in [5, 5.41) is 3.58. The van der Waals surface area contributed by atoms with E-state index in [2.05, 4.69) is 17.2 Å². The first-order chi connectivity index (χ1) is 11.0. The number of anilines is 1. The summed E-state index contributed by atoms with van der Waals surface area (Å²) in [5.74, 6) is 0.525. The van der Waals surface area contributed by atoms with E-state index in [9.17, 15) is 4.79 Å². The van der Waals surface area contributed by atoms with Crippen LogP contribution in [-0.2, 0) is 23.2 Å². The number of aryl methyl sites for hydroxylation is 1. The fourth-order valence-electron chi connectivity index (χ4n) is 2.99. The summed E-state index contributed by atoms with van der Waals surface area (Å²) < 4.78 is 0. The molecule has 1 aliphatic rings. The number of nitrogens with zero attached hydrogens (tertiary/aromatic N) is 1. The van der Waals surface area contributed by atoms with Crippen LogP contribution >= 0.6 is 23.7 Å². The summed E-state index contributed by atoms with van der Waals surface area (Å²) in [7, 11) is 0. The lowest BCUT2D eigenvalue weighted by Gasteiger charge is -2.23. The normalized spacial score (nSPS) is 18.9. The zero-order valence-electron chi connectivity index (χ0n) is 14.0. The smallest absolute Gasteiger partial charge is 0.250 e. The molecule has 1 aromatic heterocycles. The molecule has 3 N–H and O–H groups in total. The summed E-state index contributed by atoms with van der Waals surface area (Å²) in [4.78, 5) is 18.5. The molecular weight excluding hydrogens is 342 g/mol. The number of rotatable bonds is 4. The van der Waals surface area contributed by atoms with E-state index in [1.807, 2.05) is 30.3 Å². The number of aromatic nitrogens is 1. The molecular formula is C18H24ClN3OS. The third-order valence-electron chi connectivity index (χ3n) is 4.68. The van der Waals surface area contributed by atoms with Gasteiger partial charge >= 0.3 is 0 Å². The number of amides is 1. The Morgan fingerprint density at radius 2 is 2.12 bits per heavy atom. The molecule has 0 bridgehead atoms. The molecule has 3 rings (SSSR count). The summed E-state index contributed by atoms with van der Waals surface area (Å²) in [6, 6.07) is 9.44. The van der Waals surface area contributed by atoms with Gasteiger partial charge in [0, 0.05) is 4.88 Å². The number of nitrogens with one attached hydrogen (secondary N) is 1. The van der Waals surface area contributed by atoms with Crippen molar-refractivity contribution in [2.45, 2.75) is 45.1 Å². The van der Waals surface area contributed by atoms with Gasteiger partial charge in [0.15, 0.2) is 5.13 Å². The van der Waals surface area contributed by atoms with Crippen molar-refractivity contribution >= 4 is 34.8 Å². The van der Waals surface area contributed by atoms with Crippen LogP contribution in [-0.4, -0.2) is 10.9 Å². The highest BCUT2D eigenvalue weighted by Crippen LogP contribution is 2.34. The Balaban J connectivity index is 0.00000208. The van der Waals surface area contributed by atoms with Crippen LogP contribution in [0.1, 0.15) is 42.8 Å². The van der Waals surface area contributed by atoms with E-state index in [-0.39, 0.29) is 18.3 Å². The maximum Gasteiger partial charge on any atom is 0.250 e. The van der Waals surface area contributed by atoms with E-state index in [0.717, 1.165) is 30.0 Å². The Kier molecular flexibility index (Phi) is 6.01. The number of halogens is 1. The first-order valence-electron chi connectivity index (χ1n) is 8.15. The van der Waals surface area contributed by atoms with Crippen LogP contribution in [0.3, 0.4) is 0 Å². The fourth-order valence-corrected chi connectivity index (χ4v) is 4.11. The first-order valence-corrected chi connectivity index (χ1v) is 8.96. The van der Waals surface area contributed by atoms with E-state index >= 15 is 0 Å². The van der Waals surface area contributed by atoms with Gasteiger partial charge in [-0.2, -0.15) is 0 Å². The molecule has 0 fully saturated rings. The van der Waals surface area contributed by atoms with Gasteiger partial charge in [-0.15, -0.1) is 23.7 Å². The number of hydrogen-bond acceptors (Lipinski definition) is 4. The quantitative estimate of drug-likeness (QED) is 0.863. The van der Waals surface area contributed by atoms with Crippen molar-refractivity contribution in [2.24, 2.45) is 11.7 Å². The van der Waals surface area contributed by atoms with Crippen LogP contribution in [0.4, 0.5) is 5.13 Å². The van der Waals surface area contributed by atoms with Crippen molar-refractivity contribution in [3.8, 4) is 0 Å². The number of benzene rings is 1. The lowest BCUT2D eigenvalue weighted by Crippen LogP contribution is -2.45. The minimum Gasteiger partial charge on any atom is -0.314 e. The predicted molar refractivity (Wildman–Crippen MR) is 102 cm³/mol. The monoisotopic (exact) mass is 365 g/mol. The zero-order valence-corrected chi connectivity index (χ0v) is 15.7. The average Bonchev–Trinajstić information content (AvgIpc) is 2.96. The van der Waals surface area contributed by atoms with Crippen molar-refractivity contribution < 1.29 is 4.79 Å². The van der Waals surface area contributed by atoms with Crippen LogP contribution in [0.5, 0.6) is 0 Å². The Morgan fingerprint density at radius 3 is 2.79 bits per heavy atom. The third-order valence-corrected chi connectivity index (χ3v) is 5.72. The second-order valence-corrected chi connectivity index (χ2v) is 7.51. The molecule has 6 heteroatoms. The van der Waals surface area contributed by atoms with E-state index in [4.69, 9.17) is 5.73 Å².